The van der Waals surface area contributed by atoms with E-state index in [0.717, 1.165) is 0 Å². The summed E-state index contributed by atoms with van der Waals surface area (Å²) in [6.45, 7) is 5.99. The molecule has 4 heteroatoms. The van der Waals surface area contributed by atoms with Crippen LogP contribution in [0.1, 0.15) is 27.2 Å². The van der Waals surface area contributed by atoms with E-state index in [2.05, 4.69) is 0 Å². The largest absolute Gasteiger partial charge is 0.361 e. The number of hydrogen-bond acceptors (Lipinski definition) is 3. The lowest BCUT2D eigenvalue weighted by atomic mass is 9.97. The number of Topliss-reactive ketones (excluding diaryl/α,β-unsaturated/α-hetero) is 1. The Hall–Kier alpha value is -0.900. The fourth-order valence-corrected chi connectivity index (χ4v) is 1.59. The van der Waals surface area contributed by atoms with Crippen LogP contribution < -0.4 is 0 Å². The second-order valence-electron chi connectivity index (χ2n) is 3.89. The van der Waals surface area contributed by atoms with Crippen molar-refractivity contribution >= 4 is 11.7 Å². The van der Waals surface area contributed by atoms with E-state index in [0.29, 0.717) is 13.0 Å². The SMILES string of the molecule is CC(=O)N1COCCC1C(=O)C(C)C. The third-order valence-electron chi connectivity index (χ3n) is 2.44. The van der Waals surface area contributed by atoms with Crippen LogP contribution in [0.4, 0.5) is 0 Å². The molecule has 1 amide bonds. The molecule has 4 nitrogen and oxygen atoms in total. The molecule has 0 aromatic carbocycles. The van der Waals surface area contributed by atoms with Crippen LogP contribution in [0.2, 0.25) is 0 Å². The van der Waals surface area contributed by atoms with E-state index in [1.807, 2.05) is 13.8 Å². The van der Waals surface area contributed by atoms with Crippen LogP contribution >= 0.6 is 0 Å². The van der Waals surface area contributed by atoms with Crippen molar-refractivity contribution in [2.24, 2.45) is 5.92 Å². The van der Waals surface area contributed by atoms with Gasteiger partial charge >= 0.3 is 0 Å². The average Bonchev–Trinajstić information content (AvgIpc) is 2.16. The monoisotopic (exact) mass is 199 g/mol. The van der Waals surface area contributed by atoms with Crippen molar-refractivity contribution in [2.45, 2.75) is 33.2 Å². The minimum absolute atomic E-state index is 0.0278. The molecule has 1 unspecified atom stereocenters. The van der Waals surface area contributed by atoms with E-state index in [-0.39, 0.29) is 30.4 Å². The molecular weight excluding hydrogens is 182 g/mol. The van der Waals surface area contributed by atoms with Crippen LogP contribution in [-0.2, 0) is 14.3 Å². The molecule has 1 fully saturated rings. The third-order valence-corrected chi connectivity index (χ3v) is 2.44. The third kappa shape index (κ3) is 2.32. The highest BCUT2D eigenvalue weighted by atomic mass is 16.5. The number of rotatable bonds is 2. The highest BCUT2D eigenvalue weighted by Crippen LogP contribution is 2.15. The molecule has 1 atom stereocenters. The molecule has 80 valence electrons. The first-order valence-electron chi connectivity index (χ1n) is 4.92. The highest BCUT2D eigenvalue weighted by Gasteiger charge is 2.31. The van der Waals surface area contributed by atoms with Gasteiger partial charge in [-0.2, -0.15) is 0 Å². The minimum Gasteiger partial charge on any atom is -0.361 e. The molecule has 1 saturated heterocycles. The predicted molar refractivity (Wildman–Crippen MR) is 51.6 cm³/mol. The van der Waals surface area contributed by atoms with E-state index < -0.39 is 0 Å². The van der Waals surface area contributed by atoms with E-state index >= 15 is 0 Å². The summed E-state index contributed by atoms with van der Waals surface area (Å²) in [6.07, 6.45) is 0.622. The van der Waals surface area contributed by atoms with Crippen LogP contribution in [0, 0.1) is 5.92 Å². The Morgan fingerprint density at radius 1 is 1.43 bits per heavy atom. The summed E-state index contributed by atoms with van der Waals surface area (Å²) in [6, 6.07) is -0.277. The van der Waals surface area contributed by atoms with Gasteiger partial charge in [0.15, 0.2) is 5.78 Å². The summed E-state index contributed by atoms with van der Waals surface area (Å²) in [5.41, 5.74) is 0. The molecule has 0 bridgehead atoms. The first-order chi connectivity index (χ1) is 6.54. The van der Waals surface area contributed by atoms with Gasteiger partial charge in [0.1, 0.15) is 6.73 Å². The second kappa shape index (κ2) is 4.55. The molecule has 1 aliphatic heterocycles. The molecule has 0 aromatic rings. The fourth-order valence-electron chi connectivity index (χ4n) is 1.59. The summed E-state index contributed by atoms with van der Waals surface area (Å²) >= 11 is 0. The summed E-state index contributed by atoms with van der Waals surface area (Å²) < 4.78 is 5.16. The standard InChI is InChI=1S/C10H17NO3/c1-7(2)10(13)9-4-5-14-6-11(9)8(3)12/h7,9H,4-6H2,1-3H3. The van der Waals surface area contributed by atoms with Gasteiger partial charge in [-0.15, -0.1) is 0 Å². The fraction of sp³-hybridized carbons (Fsp3) is 0.800. The van der Waals surface area contributed by atoms with Crippen LogP contribution in [0.3, 0.4) is 0 Å². The van der Waals surface area contributed by atoms with E-state index in [1.165, 1.54) is 11.8 Å². The van der Waals surface area contributed by atoms with Crippen molar-refractivity contribution < 1.29 is 14.3 Å². The Labute approximate surface area is 84.2 Å². The molecule has 1 heterocycles. The van der Waals surface area contributed by atoms with Crippen LogP contribution in [-0.4, -0.2) is 36.0 Å². The Morgan fingerprint density at radius 3 is 2.57 bits per heavy atom. The molecule has 0 spiro atoms. The molecule has 0 saturated carbocycles. The number of nitrogens with zero attached hydrogens (tertiary/aromatic N) is 1. The Kier molecular flexibility index (Phi) is 3.63. The van der Waals surface area contributed by atoms with Crippen molar-refractivity contribution in [1.29, 1.82) is 0 Å². The summed E-state index contributed by atoms with van der Waals surface area (Å²) in [5, 5.41) is 0. The van der Waals surface area contributed by atoms with Gasteiger partial charge in [0, 0.05) is 12.8 Å². The van der Waals surface area contributed by atoms with Crippen molar-refractivity contribution in [3.05, 3.63) is 0 Å². The molecule has 1 aliphatic rings. The molecule has 0 radical (unpaired) electrons. The molecule has 1 rings (SSSR count). The minimum atomic E-state index is -0.277. The van der Waals surface area contributed by atoms with E-state index in [9.17, 15) is 9.59 Å². The van der Waals surface area contributed by atoms with Gasteiger partial charge in [0.25, 0.3) is 0 Å². The maximum Gasteiger partial charge on any atom is 0.221 e. The predicted octanol–water partition coefficient (Wildman–Crippen LogP) is 0.806. The number of hydrogen-bond donors (Lipinski definition) is 0. The quantitative estimate of drug-likeness (QED) is 0.661. The van der Waals surface area contributed by atoms with Crippen molar-refractivity contribution in [2.75, 3.05) is 13.3 Å². The maximum atomic E-state index is 11.8. The number of carbonyl (C=O) groups excluding carboxylic acids is 2. The lowest BCUT2D eigenvalue weighted by molar-refractivity contribution is -0.152. The van der Waals surface area contributed by atoms with E-state index in [1.54, 1.807) is 0 Å². The van der Waals surface area contributed by atoms with E-state index in [4.69, 9.17) is 4.74 Å². The smallest absolute Gasteiger partial charge is 0.221 e. The first kappa shape index (κ1) is 11.2. The summed E-state index contributed by atoms with van der Waals surface area (Å²) in [7, 11) is 0. The molecule has 0 aromatic heterocycles. The Bertz CT molecular complexity index is 238. The van der Waals surface area contributed by atoms with Crippen LogP contribution in [0.15, 0.2) is 0 Å². The topological polar surface area (TPSA) is 46.6 Å². The number of ether oxygens (including phenoxy) is 1. The van der Waals surface area contributed by atoms with Gasteiger partial charge in [-0.3, -0.25) is 9.59 Å². The zero-order chi connectivity index (χ0) is 10.7. The van der Waals surface area contributed by atoms with Crippen LogP contribution in [0.25, 0.3) is 0 Å². The van der Waals surface area contributed by atoms with Crippen molar-refractivity contribution in [1.82, 2.24) is 4.90 Å². The number of amides is 1. The second-order valence-corrected chi connectivity index (χ2v) is 3.89. The van der Waals surface area contributed by atoms with Gasteiger partial charge in [-0.25, -0.2) is 0 Å². The van der Waals surface area contributed by atoms with Crippen molar-refractivity contribution in [3.63, 3.8) is 0 Å². The molecular formula is C10H17NO3. The van der Waals surface area contributed by atoms with Gasteiger partial charge in [0.2, 0.25) is 5.91 Å². The number of carbonyl (C=O) groups is 2. The van der Waals surface area contributed by atoms with Crippen LogP contribution in [0.5, 0.6) is 0 Å². The molecule has 0 aliphatic carbocycles. The molecule has 0 N–H and O–H groups in total. The first-order valence-corrected chi connectivity index (χ1v) is 4.92. The highest BCUT2D eigenvalue weighted by molar-refractivity contribution is 5.89. The Balaban J connectivity index is 2.72. The lowest BCUT2D eigenvalue weighted by Crippen LogP contribution is -2.50. The average molecular weight is 199 g/mol. The number of ketones is 1. The van der Waals surface area contributed by atoms with Crippen molar-refractivity contribution in [3.8, 4) is 0 Å². The summed E-state index contributed by atoms with van der Waals surface area (Å²) in [5.74, 6) is 0.00662. The maximum absolute atomic E-state index is 11.8. The normalized spacial score (nSPS) is 22.6. The van der Waals surface area contributed by atoms with Gasteiger partial charge < -0.3 is 9.64 Å². The lowest BCUT2D eigenvalue weighted by Gasteiger charge is -2.34. The Morgan fingerprint density at radius 2 is 2.07 bits per heavy atom. The zero-order valence-electron chi connectivity index (χ0n) is 8.95. The zero-order valence-corrected chi connectivity index (χ0v) is 8.95. The molecule has 14 heavy (non-hydrogen) atoms. The van der Waals surface area contributed by atoms with Gasteiger partial charge in [0.05, 0.1) is 12.6 Å². The summed E-state index contributed by atoms with van der Waals surface area (Å²) in [4.78, 5) is 24.5. The van der Waals surface area contributed by atoms with Gasteiger partial charge in [-0.1, -0.05) is 13.8 Å². The van der Waals surface area contributed by atoms with Gasteiger partial charge in [-0.05, 0) is 6.42 Å².